The molecule has 2 N–H and O–H groups in total. The lowest BCUT2D eigenvalue weighted by Crippen LogP contribution is -2.14. The van der Waals surface area contributed by atoms with Gasteiger partial charge < -0.3 is 5.73 Å². The second-order valence-electron chi connectivity index (χ2n) is 3.40. The molecule has 1 atom stereocenters. The Hall–Kier alpha value is -0.940. The second kappa shape index (κ2) is 3.03. The molecule has 5 heteroatoms. The number of sulfone groups is 1. The fourth-order valence-corrected chi connectivity index (χ4v) is 3.65. The quantitative estimate of drug-likeness (QED) is 0.700. The lowest BCUT2D eigenvalue weighted by Gasteiger charge is -2.04. The molecule has 1 aliphatic heterocycles. The molecule has 14 heavy (non-hydrogen) atoms. The van der Waals surface area contributed by atoms with Crippen LogP contribution in [0.15, 0.2) is 23.1 Å². The number of hydrogen-bond donors (Lipinski definition) is 1. The minimum atomic E-state index is -3.23. The molecule has 0 saturated heterocycles. The Morgan fingerprint density at radius 3 is 2.86 bits per heavy atom. The van der Waals surface area contributed by atoms with E-state index in [2.05, 4.69) is 0 Å². The first-order valence-electron chi connectivity index (χ1n) is 4.27. The Morgan fingerprint density at radius 1 is 1.50 bits per heavy atom. The highest BCUT2D eigenvalue weighted by atomic mass is 32.2. The molecule has 1 aliphatic rings. The highest BCUT2D eigenvalue weighted by Gasteiger charge is 2.33. The smallest absolute Gasteiger partial charge is 0.179 e. The van der Waals surface area contributed by atoms with E-state index >= 15 is 0 Å². The fourth-order valence-electron chi connectivity index (χ4n) is 1.76. The highest BCUT2D eigenvalue weighted by Crippen LogP contribution is 2.34. The number of nitrogens with two attached hydrogens (primary N) is 1. The molecule has 0 bridgehead atoms. The molecule has 1 heterocycles. The van der Waals surface area contributed by atoms with Gasteiger partial charge in [0.05, 0.1) is 10.6 Å². The zero-order chi connectivity index (χ0) is 10.3. The Kier molecular flexibility index (Phi) is 2.08. The van der Waals surface area contributed by atoms with Crippen molar-refractivity contribution in [1.82, 2.24) is 0 Å². The SMILES string of the molecule is NCC1CS(=O)(=O)c2ccc(F)cc21. The third-order valence-corrected chi connectivity index (χ3v) is 4.33. The highest BCUT2D eigenvalue weighted by molar-refractivity contribution is 7.91. The molecule has 0 aliphatic carbocycles. The van der Waals surface area contributed by atoms with E-state index in [0.717, 1.165) is 6.07 Å². The number of rotatable bonds is 1. The number of benzene rings is 1. The molecule has 1 aromatic rings. The van der Waals surface area contributed by atoms with E-state index in [-0.39, 0.29) is 23.1 Å². The molecular weight excluding hydrogens is 205 g/mol. The van der Waals surface area contributed by atoms with E-state index < -0.39 is 15.7 Å². The summed E-state index contributed by atoms with van der Waals surface area (Å²) < 4.78 is 36.0. The first kappa shape index (κ1) is 9.61. The van der Waals surface area contributed by atoms with Gasteiger partial charge in [-0.15, -0.1) is 0 Å². The van der Waals surface area contributed by atoms with Crippen LogP contribution in [-0.2, 0) is 9.84 Å². The summed E-state index contributed by atoms with van der Waals surface area (Å²) in [6, 6.07) is 3.74. The Morgan fingerprint density at radius 2 is 2.21 bits per heavy atom. The molecule has 0 spiro atoms. The van der Waals surface area contributed by atoms with Crippen LogP contribution in [0, 0.1) is 5.82 Å². The van der Waals surface area contributed by atoms with Gasteiger partial charge in [-0.25, -0.2) is 12.8 Å². The predicted octanol–water partition coefficient (Wildman–Crippen LogP) is 0.655. The maximum absolute atomic E-state index is 12.9. The lowest BCUT2D eigenvalue weighted by molar-refractivity contribution is 0.597. The van der Waals surface area contributed by atoms with Gasteiger partial charge in [0.2, 0.25) is 0 Å². The van der Waals surface area contributed by atoms with Crippen molar-refractivity contribution in [2.45, 2.75) is 10.8 Å². The van der Waals surface area contributed by atoms with Gasteiger partial charge in [-0.05, 0) is 23.8 Å². The summed E-state index contributed by atoms with van der Waals surface area (Å²) in [5.41, 5.74) is 5.95. The van der Waals surface area contributed by atoms with E-state index in [1.165, 1.54) is 12.1 Å². The summed E-state index contributed by atoms with van der Waals surface area (Å²) in [5.74, 6) is -0.674. The average molecular weight is 215 g/mol. The van der Waals surface area contributed by atoms with Gasteiger partial charge in [-0.3, -0.25) is 0 Å². The fraction of sp³-hybridized carbons (Fsp3) is 0.333. The van der Waals surface area contributed by atoms with Crippen molar-refractivity contribution >= 4 is 9.84 Å². The summed E-state index contributed by atoms with van der Waals surface area (Å²) in [7, 11) is -3.23. The molecule has 0 aromatic heterocycles. The van der Waals surface area contributed by atoms with Crippen LogP contribution in [0.4, 0.5) is 4.39 Å². The molecule has 1 unspecified atom stereocenters. The predicted molar refractivity (Wildman–Crippen MR) is 50.2 cm³/mol. The van der Waals surface area contributed by atoms with Crippen molar-refractivity contribution in [2.75, 3.05) is 12.3 Å². The van der Waals surface area contributed by atoms with E-state index in [0.29, 0.717) is 5.56 Å². The van der Waals surface area contributed by atoms with Crippen molar-refractivity contribution in [3.63, 3.8) is 0 Å². The summed E-state index contributed by atoms with van der Waals surface area (Å²) in [4.78, 5) is 0.231. The van der Waals surface area contributed by atoms with Gasteiger partial charge in [-0.2, -0.15) is 0 Å². The van der Waals surface area contributed by atoms with Crippen LogP contribution in [0.25, 0.3) is 0 Å². The average Bonchev–Trinajstić information content (AvgIpc) is 2.37. The summed E-state index contributed by atoms with van der Waals surface area (Å²) in [6.45, 7) is 0.232. The van der Waals surface area contributed by atoms with Gasteiger partial charge >= 0.3 is 0 Å². The number of halogens is 1. The molecule has 3 nitrogen and oxygen atoms in total. The largest absolute Gasteiger partial charge is 0.330 e. The van der Waals surface area contributed by atoms with Crippen LogP contribution in [0.2, 0.25) is 0 Å². The van der Waals surface area contributed by atoms with Gasteiger partial charge in [-0.1, -0.05) is 0 Å². The molecule has 0 fully saturated rings. The van der Waals surface area contributed by atoms with Gasteiger partial charge in [0.1, 0.15) is 5.82 Å². The van der Waals surface area contributed by atoms with Gasteiger partial charge in [0.15, 0.2) is 9.84 Å². The maximum atomic E-state index is 12.9. The molecule has 0 saturated carbocycles. The van der Waals surface area contributed by atoms with Gasteiger partial charge in [0, 0.05) is 12.5 Å². The molecule has 2 rings (SSSR count). The van der Waals surface area contributed by atoms with E-state index in [1.807, 2.05) is 0 Å². The molecule has 1 aromatic carbocycles. The molecule has 76 valence electrons. The van der Waals surface area contributed by atoms with Crippen LogP contribution in [-0.4, -0.2) is 20.7 Å². The van der Waals surface area contributed by atoms with Crippen LogP contribution in [0.1, 0.15) is 11.5 Å². The minimum Gasteiger partial charge on any atom is -0.330 e. The zero-order valence-electron chi connectivity index (χ0n) is 7.40. The number of hydrogen-bond acceptors (Lipinski definition) is 3. The van der Waals surface area contributed by atoms with Crippen molar-refractivity contribution in [1.29, 1.82) is 0 Å². The third-order valence-electron chi connectivity index (χ3n) is 2.45. The second-order valence-corrected chi connectivity index (χ2v) is 5.40. The Balaban J connectivity index is 2.65. The van der Waals surface area contributed by atoms with Gasteiger partial charge in [0.25, 0.3) is 0 Å². The first-order valence-corrected chi connectivity index (χ1v) is 5.92. The van der Waals surface area contributed by atoms with Crippen molar-refractivity contribution in [3.8, 4) is 0 Å². The lowest BCUT2D eigenvalue weighted by atomic mass is 10.0. The number of fused-ring (bicyclic) bond motifs is 1. The normalized spacial score (nSPS) is 23.4. The summed E-state index contributed by atoms with van der Waals surface area (Å²) in [5, 5.41) is 0. The summed E-state index contributed by atoms with van der Waals surface area (Å²) in [6.07, 6.45) is 0. The monoisotopic (exact) mass is 215 g/mol. The first-order chi connectivity index (χ1) is 6.54. The minimum absolute atomic E-state index is 0.00227. The molecular formula is C9H10FNO2S. The van der Waals surface area contributed by atoms with Crippen LogP contribution < -0.4 is 5.73 Å². The van der Waals surface area contributed by atoms with Crippen LogP contribution in [0.5, 0.6) is 0 Å². The molecule has 0 radical (unpaired) electrons. The van der Waals surface area contributed by atoms with Crippen molar-refractivity contribution < 1.29 is 12.8 Å². The standard InChI is InChI=1S/C9H10FNO2S/c10-7-1-2-9-8(3-7)6(4-11)5-14(9,12)13/h1-3,6H,4-5,11H2. The summed E-state index contributed by atoms with van der Waals surface area (Å²) >= 11 is 0. The van der Waals surface area contributed by atoms with E-state index in [4.69, 9.17) is 5.73 Å². The van der Waals surface area contributed by atoms with Crippen LogP contribution in [0.3, 0.4) is 0 Å². The van der Waals surface area contributed by atoms with Crippen molar-refractivity contribution in [3.05, 3.63) is 29.6 Å². The van der Waals surface area contributed by atoms with Crippen LogP contribution >= 0.6 is 0 Å². The zero-order valence-corrected chi connectivity index (χ0v) is 8.22. The van der Waals surface area contributed by atoms with E-state index in [1.54, 1.807) is 0 Å². The topological polar surface area (TPSA) is 60.2 Å². The van der Waals surface area contributed by atoms with E-state index in [9.17, 15) is 12.8 Å². The van der Waals surface area contributed by atoms with Crippen molar-refractivity contribution in [2.24, 2.45) is 5.73 Å². The maximum Gasteiger partial charge on any atom is 0.179 e. The molecule has 0 amide bonds. The third kappa shape index (κ3) is 1.33. The Labute approximate surface area is 81.7 Å². The Bertz CT molecular complexity index is 470.